The number of carbonyl (C=O) groups excluding carboxylic acids is 1. The van der Waals surface area contributed by atoms with Gasteiger partial charge in [-0.2, -0.15) is 0 Å². The van der Waals surface area contributed by atoms with E-state index in [0.717, 1.165) is 48.8 Å². The van der Waals surface area contributed by atoms with Crippen molar-refractivity contribution < 1.29 is 4.79 Å². The van der Waals surface area contributed by atoms with Crippen molar-refractivity contribution in [3.8, 4) is 0 Å². The lowest BCUT2D eigenvalue weighted by Gasteiger charge is -2.29. The molecule has 2 atom stereocenters. The Morgan fingerprint density at radius 2 is 2.15 bits per heavy atom. The van der Waals surface area contributed by atoms with Crippen LogP contribution in [-0.4, -0.2) is 18.5 Å². The fraction of sp³-hybridized carbons (Fsp3) is 0.533. The van der Waals surface area contributed by atoms with E-state index in [0.29, 0.717) is 0 Å². The Bertz CT molecular complexity index is 509. The molecule has 3 rings (SSSR count). The van der Waals surface area contributed by atoms with Gasteiger partial charge in [0.25, 0.3) is 0 Å². The van der Waals surface area contributed by atoms with Crippen LogP contribution < -0.4 is 10.6 Å². The SMILES string of the molecule is Cl.NC1CCCC(C(=O)N2CCc3cc(Br)ccc32)C1. The lowest BCUT2D eigenvalue weighted by atomic mass is 9.85. The van der Waals surface area contributed by atoms with Gasteiger partial charge in [0, 0.05) is 28.7 Å². The molecule has 1 heterocycles. The van der Waals surface area contributed by atoms with Gasteiger partial charge in [-0.05, 0) is 49.4 Å². The summed E-state index contributed by atoms with van der Waals surface area (Å²) >= 11 is 3.49. The zero-order valence-corrected chi connectivity index (χ0v) is 13.8. The van der Waals surface area contributed by atoms with E-state index < -0.39 is 0 Å². The highest BCUT2D eigenvalue weighted by atomic mass is 79.9. The number of benzene rings is 1. The van der Waals surface area contributed by atoms with Crippen molar-refractivity contribution in [3.05, 3.63) is 28.2 Å². The van der Waals surface area contributed by atoms with Crippen molar-refractivity contribution in [2.45, 2.75) is 38.1 Å². The number of hydrogen-bond acceptors (Lipinski definition) is 2. The van der Waals surface area contributed by atoms with Crippen LogP contribution in [-0.2, 0) is 11.2 Å². The topological polar surface area (TPSA) is 46.3 Å². The van der Waals surface area contributed by atoms with Crippen LogP contribution in [0.4, 0.5) is 5.69 Å². The van der Waals surface area contributed by atoms with Crippen molar-refractivity contribution in [1.29, 1.82) is 0 Å². The first-order chi connectivity index (χ1) is 9.15. The zero-order valence-electron chi connectivity index (χ0n) is 11.3. The Kier molecular flexibility index (Phi) is 5.10. The van der Waals surface area contributed by atoms with Crippen LogP contribution in [0, 0.1) is 5.92 Å². The minimum Gasteiger partial charge on any atom is -0.328 e. The van der Waals surface area contributed by atoms with E-state index in [4.69, 9.17) is 5.73 Å². The number of anilines is 1. The molecule has 1 aliphatic carbocycles. The predicted molar refractivity (Wildman–Crippen MR) is 87.4 cm³/mol. The molecule has 5 heteroatoms. The lowest BCUT2D eigenvalue weighted by molar-refractivity contribution is -0.123. The number of hydrogen-bond donors (Lipinski definition) is 1. The van der Waals surface area contributed by atoms with Crippen LogP contribution in [0.5, 0.6) is 0 Å². The molecule has 1 amide bonds. The van der Waals surface area contributed by atoms with E-state index in [1.807, 2.05) is 17.0 Å². The fourth-order valence-electron chi connectivity index (χ4n) is 3.27. The molecule has 0 radical (unpaired) electrons. The van der Waals surface area contributed by atoms with Crippen molar-refractivity contribution in [1.82, 2.24) is 0 Å². The van der Waals surface area contributed by atoms with Crippen LogP contribution in [0.1, 0.15) is 31.2 Å². The predicted octanol–water partition coefficient (Wildman–Crippen LogP) is 3.28. The Morgan fingerprint density at radius 1 is 1.35 bits per heavy atom. The summed E-state index contributed by atoms with van der Waals surface area (Å²) < 4.78 is 1.08. The fourth-order valence-corrected chi connectivity index (χ4v) is 3.68. The first kappa shape index (κ1) is 15.8. The second-order valence-electron chi connectivity index (χ2n) is 5.64. The van der Waals surface area contributed by atoms with Gasteiger partial charge in [0.1, 0.15) is 0 Å². The number of halogens is 2. The van der Waals surface area contributed by atoms with E-state index in [9.17, 15) is 4.79 Å². The Morgan fingerprint density at radius 3 is 2.90 bits per heavy atom. The largest absolute Gasteiger partial charge is 0.328 e. The molecule has 1 saturated carbocycles. The minimum atomic E-state index is 0. The van der Waals surface area contributed by atoms with Gasteiger partial charge in [-0.1, -0.05) is 22.4 Å². The van der Waals surface area contributed by atoms with E-state index in [1.165, 1.54) is 5.56 Å². The summed E-state index contributed by atoms with van der Waals surface area (Å²) in [5.74, 6) is 0.398. The van der Waals surface area contributed by atoms with Crippen LogP contribution >= 0.6 is 28.3 Å². The second kappa shape index (κ2) is 6.46. The van der Waals surface area contributed by atoms with Gasteiger partial charge in [0.05, 0.1) is 0 Å². The number of nitrogens with two attached hydrogens (primary N) is 1. The van der Waals surface area contributed by atoms with Crippen LogP contribution in [0.25, 0.3) is 0 Å². The molecular formula is C15H20BrClN2O. The molecule has 2 N–H and O–H groups in total. The van der Waals surface area contributed by atoms with Gasteiger partial charge in [-0.3, -0.25) is 4.79 Å². The van der Waals surface area contributed by atoms with E-state index >= 15 is 0 Å². The number of nitrogens with zero attached hydrogens (tertiary/aromatic N) is 1. The van der Waals surface area contributed by atoms with Crippen LogP contribution in [0.15, 0.2) is 22.7 Å². The summed E-state index contributed by atoms with van der Waals surface area (Å²) in [6, 6.07) is 6.38. The first-order valence-electron chi connectivity index (χ1n) is 7.00. The Balaban J connectivity index is 0.00000147. The molecular weight excluding hydrogens is 340 g/mol. The second-order valence-corrected chi connectivity index (χ2v) is 6.55. The van der Waals surface area contributed by atoms with Gasteiger partial charge >= 0.3 is 0 Å². The van der Waals surface area contributed by atoms with Crippen molar-refractivity contribution in [2.24, 2.45) is 11.7 Å². The summed E-state index contributed by atoms with van der Waals surface area (Å²) in [5.41, 5.74) is 8.36. The van der Waals surface area contributed by atoms with Gasteiger partial charge in [0.2, 0.25) is 5.91 Å². The van der Waals surface area contributed by atoms with Gasteiger partial charge in [-0.15, -0.1) is 12.4 Å². The summed E-state index contributed by atoms with van der Waals surface area (Å²) in [4.78, 5) is 14.6. The highest BCUT2D eigenvalue weighted by Gasteiger charge is 2.32. The average Bonchev–Trinajstić information content (AvgIpc) is 2.80. The summed E-state index contributed by atoms with van der Waals surface area (Å²) in [7, 11) is 0. The maximum absolute atomic E-state index is 12.7. The zero-order chi connectivity index (χ0) is 13.4. The molecule has 0 saturated heterocycles. The van der Waals surface area contributed by atoms with Crippen LogP contribution in [0.2, 0.25) is 0 Å². The van der Waals surface area contributed by atoms with Crippen molar-refractivity contribution >= 4 is 39.9 Å². The molecule has 1 aromatic rings. The standard InChI is InChI=1S/C15H19BrN2O.ClH/c16-12-4-5-14-10(8-12)6-7-18(14)15(19)11-2-1-3-13(17)9-11;/h4-5,8,11,13H,1-3,6-7,9,17H2;1H. The molecule has 20 heavy (non-hydrogen) atoms. The summed E-state index contributed by atoms with van der Waals surface area (Å²) in [6.45, 7) is 0.816. The minimum absolute atomic E-state index is 0. The van der Waals surface area contributed by atoms with Crippen molar-refractivity contribution in [2.75, 3.05) is 11.4 Å². The molecule has 1 aliphatic heterocycles. The number of amides is 1. The molecule has 1 aromatic carbocycles. The number of fused-ring (bicyclic) bond motifs is 1. The van der Waals surface area contributed by atoms with Crippen molar-refractivity contribution in [3.63, 3.8) is 0 Å². The molecule has 3 nitrogen and oxygen atoms in total. The third-order valence-electron chi connectivity index (χ3n) is 4.27. The Labute approximate surface area is 134 Å². The van der Waals surface area contributed by atoms with Crippen LogP contribution in [0.3, 0.4) is 0 Å². The quantitative estimate of drug-likeness (QED) is 0.836. The summed E-state index contributed by atoms with van der Waals surface area (Å²) in [6.07, 6.45) is 4.95. The smallest absolute Gasteiger partial charge is 0.230 e. The van der Waals surface area contributed by atoms with E-state index in [2.05, 4.69) is 22.0 Å². The maximum Gasteiger partial charge on any atom is 0.230 e. The summed E-state index contributed by atoms with van der Waals surface area (Å²) in [5, 5.41) is 0. The monoisotopic (exact) mass is 358 g/mol. The average molecular weight is 360 g/mol. The molecule has 110 valence electrons. The van der Waals surface area contributed by atoms with Gasteiger partial charge in [-0.25, -0.2) is 0 Å². The highest BCUT2D eigenvalue weighted by molar-refractivity contribution is 9.10. The molecule has 0 spiro atoms. The highest BCUT2D eigenvalue weighted by Crippen LogP contribution is 2.34. The Hall–Kier alpha value is -0.580. The van der Waals surface area contributed by atoms with E-state index in [-0.39, 0.29) is 30.3 Å². The van der Waals surface area contributed by atoms with Gasteiger partial charge in [0.15, 0.2) is 0 Å². The number of rotatable bonds is 1. The normalized spacial score (nSPS) is 25.0. The molecule has 0 bridgehead atoms. The van der Waals surface area contributed by atoms with E-state index in [1.54, 1.807) is 0 Å². The lowest BCUT2D eigenvalue weighted by Crippen LogP contribution is -2.40. The third-order valence-corrected chi connectivity index (χ3v) is 4.76. The molecule has 0 aromatic heterocycles. The molecule has 1 fully saturated rings. The molecule has 2 unspecified atom stereocenters. The van der Waals surface area contributed by atoms with Gasteiger partial charge < -0.3 is 10.6 Å². The molecule has 2 aliphatic rings. The first-order valence-corrected chi connectivity index (χ1v) is 7.80. The third kappa shape index (κ3) is 3.02. The maximum atomic E-state index is 12.7. The number of carbonyl (C=O) groups is 1.